The second-order valence-electron chi connectivity index (χ2n) is 2.06. The first kappa shape index (κ1) is 14.4. The Morgan fingerprint density at radius 1 is 1.25 bits per heavy atom. The largest absolute Gasteiger partial charge is 2.00 e. The summed E-state index contributed by atoms with van der Waals surface area (Å²) in [5.74, 6) is 0. The van der Waals surface area contributed by atoms with E-state index in [1.165, 1.54) is 0 Å². The van der Waals surface area contributed by atoms with Gasteiger partial charge in [0.2, 0.25) is 0 Å². The zero-order valence-electron chi connectivity index (χ0n) is 6.92. The van der Waals surface area contributed by atoms with Crippen molar-refractivity contribution in [2.24, 2.45) is 0 Å². The fraction of sp³-hybridized carbons (Fsp3) is 0.111. The van der Waals surface area contributed by atoms with E-state index in [9.17, 15) is 0 Å². The average Bonchev–Trinajstić information content (AvgIpc) is 2.05. The molecule has 0 spiro atoms. The third-order valence-corrected chi connectivity index (χ3v) is 1.36. The fourth-order valence-corrected chi connectivity index (χ4v) is 0.744. The van der Waals surface area contributed by atoms with E-state index in [4.69, 9.17) is 6.57 Å². The number of hydrogen-bond acceptors (Lipinski definition) is 0. The molecular formula is C9H8BrMgN. The van der Waals surface area contributed by atoms with Gasteiger partial charge in [0, 0.05) is 0 Å². The molecule has 0 N–H and O–H groups in total. The second-order valence-corrected chi connectivity index (χ2v) is 2.06. The number of hydrogen-bond donors (Lipinski definition) is 0. The number of halogens is 1. The molecule has 0 amide bonds. The Labute approximate surface area is 99.9 Å². The summed E-state index contributed by atoms with van der Waals surface area (Å²) in [5.41, 5.74) is 1.01. The standard InChI is InChI=1S/C9H8N.BrH.Mg/c1-8(10-2)9-6-4-3-5-7-9;;/h3-7H,1H3;1H;/q-1;;+2/p-1. The first-order valence-electron chi connectivity index (χ1n) is 3.11. The molecule has 3 heteroatoms. The molecule has 0 aliphatic carbocycles. The SMILES string of the molecule is [Br-].[C-]#[N+][C-](C)c1ccccc1.[Mg+2]. The van der Waals surface area contributed by atoms with E-state index in [1.807, 2.05) is 37.3 Å². The maximum absolute atomic E-state index is 6.73. The third kappa shape index (κ3) is 4.00. The smallest absolute Gasteiger partial charge is 1.00 e. The Morgan fingerprint density at radius 3 is 2.17 bits per heavy atom. The molecule has 0 aliphatic heterocycles. The molecule has 1 aromatic carbocycles. The molecule has 0 aliphatic rings. The second kappa shape index (κ2) is 7.47. The van der Waals surface area contributed by atoms with Crippen molar-refractivity contribution in [1.29, 1.82) is 0 Å². The molecule has 0 radical (unpaired) electrons. The van der Waals surface area contributed by atoms with Crippen LogP contribution >= 0.6 is 0 Å². The van der Waals surface area contributed by atoms with Gasteiger partial charge in [-0.2, -0.15) is 0 Å². The summed E-state index contributed by atoms with van der Waals surface area (Å²) in [7, 11) is 0. The van der Waals surface area contributed by atoms with Crippen LogP contribution < -0.4 is 17.0 Å². The first-order chi connectivity index (χ1) is 4.84. The van der Waals surface area contributed by atoms with Crippen LogP contribution in [-0.2, 0) is 0 Å². The van der Waals surface area contributed by atoms with Crippen molar-refractivity contribution in [2.45, 2.75) is 6.92 Å². The number of benzene rings is 1. The fourth-order valence-electron chi connectivity index (χ4n) is 0.744. The number of nitrogens with zero attached hydrogens (tertiary/aromatic N) is 1. The summed E-state index contributed by atoms with van der Waals surface area (Å²) < 4.78 is 0. The molecule has 0 bridgehead atoms. The number of rotatable bonds is 1. The Morgan fingerprint density at radius 2 is 1.75 bits per heavy atom. The van der Waals surface area contributed by atoms with Gasteiger partial charge in [-0.05, 0) is 6.04 Å². The molecule has 1 nitrogen and oxygen atoms in total. The molecule has 1 aromatic rings. The summed E-state index contributed by atoms with van der Waals surface area (Å²) in [6.07, 6.45) is 0. The van der Waals surface area contributed by atoms with Gasteiger partial charge in [0.25, 0.3) is 0 Å². The van der Waals surface area contributed by atoms with Crippen molar-refractivity contribution in [1.82, 2.24) is 0 Å². The molecule has 0 heterocycles. The Hall–Kier alpha value is -0.174. The van der Waals surface area contributed by atoms with Gasteiger partial charge in [-0.3, -0.25) is 6.57 Å². The van der Waals surface area contributed by atoms with Gasteiger partial charge in [0.15, 0.2) is 0 Å². The van der Waals surface area contributed by atoms with Crippen LogP contribution in [0.25, 0.3) is 4.85 Å². The minimum atomic E-state index is 0. The summed E-state index contributed by atoms with van der Waals surface area (Å²) in [5, 5.41) is 0. The first-order valence-corrected chi connectivity index (χ1v) is 3.11. The summed E-state index contributed by atoms with van der Waals surface area (Å²) in [6, 6.07) is 10.4. The predicted molar refractivity (Wildman–Crippen MR) is 46.8 cm³/mol. The van der Waals surface area contributed by atoms with E-state index in [-0.39, 0.29) is 40.0 Å². The van der Waals surface area contributed by atoms with Gasteiger partial charge in [0.05, 0.1) is 0 Å². The molecule has 0 aromatic heterocycles. The molecule has 12 heavy (non-hydrogen) atoms. The van der Waals surface area contributed by atoms with E-state index in [2.05, 4.69) is 4.85 Å². The third-order valence-electron chi connectivity index (χ3n) is 1.36. The van der Waals surface area contributed by atoms with Crippen LogP contribution in [0.1, 0.15) is 12.5 Å². The topological polar surface area (TPSA) is 4.36 Å². The summed E-state index contributed by atoms with van der Waals surface area (Å²) in [4.78, 5) is 3.33. The van der Waals surface area contributed by atoms with Gasteiger partial charge >= 0.3 is 23.1 Å². The van der Waals surface area contributed by atoms with Gasteiger partial charge in [0.1, 0.15) is 0 Å². The van der Waals surface area contributed by atoms with Crippen molar-refractivity contribution in [2.75, 3.05) is 0 Å². The molecule has 1 rings (SSSR count). The monoisotopic (exact) mass is 233 g/mol. The maximum Gasteiger partial charge on any atom is 2.00 e. The normalized spacial score (nSPS) is 7.00. The Balaban J connectivity index is 0. The Bertz CT molecular complexity index is 242. The molecular weight excluding hydrogens is 226 g/mol. The molecule has 0 saturated heterocycles. The van der Waals surface area contributed by atoms with Crippen molar-refractivity contribution in [3.8, 4) is 0 Å². The van der Waals surface area contributed by atoms with Crippen LogP contribution in [0.2, 0.25) is 0 Å². The van der Waals surface area contributed by atoms with Crippen molar-refractivity contribution in [3.05, 3.63) is 53.4 Å². The van der Waals surface area contributed by atoms with E-state index >= 15 is 0 Å². The predicted octanol–water partition coefficient (Wildman–Crippen LogP) is -0.871. The van der Waals surface area contributed by atoms with Gasteiger partial charge < -0.3 is 21.8 Å². The van der Waals surface area contributed by atoms with E-state index in [1.54, 1.807) is 0 Å². The van der Waals surface area contributed by atoms with Crippen LogP contribution in [0.15, 0.2) is 30.3 Å². The zero-order chi connectivity index (χ0) is 7.40. The average molecular weight is 234 g/mol. The van der Waals surface area contributed by atoms with E-state index < -0.39 is 0 Å². The van der Waals surface area contributed by atoms with E-state index in [0.29, 0.717) is 0 Å². The van der Waals surface area contributed by atoms with Gasteiger partial charge in [-0.1, -0.05) is 30.3 Å². The van der Waals surface area contributed by atoms with Crippen molar-refractivity contribution >= 4 is 23.1 Å². The maximum atomic E-state index is 6.73. The quantitative estimate of drug-likeness (QED) is 0.439. The minimum absolute atomic E-state index is 0. The van der Waals surface area contributed by atoms with Crippen LogP contribution in [-0.4, -0.2) is 23.1 Å². The minimum Gasteiger partial charge on any atom is -1.00 e. The van der Waals surface area contributed by atoms with Crippen LogP contribution in [0.4, 0.5) is 0 Å². The van der Waals surface area contributed by atoms with Crippen LogP contribution in [0, 0.1) is 12.6 Å². The zero-order valence-corrected chi connectivity index (χ0v) is 9.92. The van der Waals surface area contributed by atoms with Gasteiger partial charge in [-0.25, -0.2) is 0 Å². The summed E-state index contributed by atoms with van der Waals surface area (Å²) >= 11 is 0. The van der Waals surface area contributed by atoms with Crippen LogP contribution in [0.5, 0.6) is 0 Å². The van der Waals surface area contributed by atoms with Crippen LogP contribution in [0.3, 0.4) is 0 Å². The van der Waals surface area contributed by atoms with E-state index in [0.717, 1.165) is 11.6 Å². The summed E-state index contributed by atoms with van der Waals surface area (Å²) in [6.45, 7) is 8.56. The molecule has 0 fully saturated rings. The molecule has 0 atom stereocenters. The Kier molecular flexibility index (Phi) is 8.94. The van der Waals surface area contributed by atoms with Crippen molar-refractivity contribution < 1.29 is 17.0 Å². The molecule has 58 valence electrons. The van der Waals surface area contributed by atoms with Crippen molar-refractivity contribution in [3.63, 3.8) is 0 Å². The van der Waals surface area contributed by atoms with Gasteiger partial charge in [-0.15, -0.1) is 12.5 Å². The molecule has 0 unspecified atom stereocenters. The molecule has 0 saturated carbocycles.